The van der Waals surface area contributed by atoms with Gasteiger partial charge in [0.05, 0.1) is 11.8 Å². The van der Waals surface area contributed by atoms with Crippen molar-refractivity contribution in [3.8, 4) is 0 Å². The summed E-state index contributed by atoms with van der Waals surface area (Å²) in [5.74, 6) is -0.0407. The fourth-order valence-corrected chi connectivity index (χ4v) is 4.08. The molecule has 1 aliphatic heterocycles. The number of aryl methyl sites for hydroxylation is 1. The highest BCUT2D eigenvalue weighted by atomic mass is 32.1. The van der Waals surface area contributed by atoms with Crippen molar-refractivity contribution in [2.75, 3.05) is 6.54 Å². The topological polar surface area (TPSA) is 55.2 Å². The van der Waals surface area contributed by atoms with Crippen LogP contribution in [0.2, 0.25) is 0 Å². The third kappa shape index (κ3) is 2.53. The fraction of sp³-hybridized carbons (Fsp3) is 0.278. The van der Waals surface area contributed by atoms with E-state index in [9.17, 15) is 9.59 Å². The minimum Gasteiger partial charge on any atom is -0.336 e. The van der Waals surface area contributed by atoms with Crippen molar-refractivity contribution in [3.63, 3.8) is 0 Å². The maximum absolute atomic E-state index is 12.6. The first-order valence-electron chi connectivity index (χ1n) is 7.91. The lowest BCUT2D eigenvalue weighted by Gasteiger charge is -2.29. The van der Waals surface area contributed by atoms with Crippen LogP contribution in [0.4, 0.5) is 0 Å². The lowest BCUT2D eigenvalue weighted by molar-refractivity contribution is -0.132. The Hall–Kier alpha value is -2.47. The molecule has 0 saturated heterocycles. The molecule has 0 N–H and O–H groups in total. The number of carbonyl (C=O) groups excluding carboxylic acids is 1. The van der Waals surface area contributed by atoms with Gasteiger partial charge in [-0.15, -0.1) is 11.3 Å². The SMILES string of the molecule is Cc1csc2c(=O)n(CC(=O)N3CCc4ccccc4C3)cnc12. The Kier molecular flexibility index (Phi) is 3.69. The standard InChI is InChI=1S/C18H17N3O2S/c1-12-10-24-17-16(12)19-11-21(18(17)23)9-15(22)20-7-6-13-4-2-3-5-14(13)8-20/h2-5,10-11H,6-9H2,1H3. The van der Waals surface area contributed by atoms with Gasteiger partial charge in [0.25, 0.3) is 5.56 Å². The lowest BCUT2D eigenvalue weighted by Crippen LogP contribution is -2.39. The van der Waals surface area contributed by atoms with Gasteiger partial charge < -0.3 is 4.90 Å². The number of fused-ring (bicyclic) bond motifs is 2. The molecule has 1 amide bonds. The second-order valence-electron chi connectivity index (χ2n) is 6.11. The Morgan fingerprint density at radius 2 is 2.08 bits per heavy atom. The molecule has 0 radical (unpaired) electrons. The lowest BCUT2D eigenvalue weighted by atomic mass is 10.00. The normalized spacial score (nSPS) is 14.0. The van der Waals surface area contributed by atoms with Gasteiger partial charge in [0, 0.05) is 13.1 Å². The number of aromatic nitrogens is 2. The van der Waals surface area contributed by atoms with Crippen molar-refractivity contribution in [3.05, 3.63) is 63.0 Å². The van der Waals surface area contributed by atoms with E-state index < -0.39 is 0 Å². The van der Waals surface area contributed by atoms with Crippen molar-refractivity contribution in [2.45, 2.75) is 26.4 Å². The smallest absolute Gasteiger partial charge is 0.271 e. The van der Waals surface area contributed by atoms with Crippen LogP contribution in [0, 0.1) is 6.92 Å². The predicted molar refractivity (Wildman–Crippen MR) is 94.2 cm³/mol. The van der Waals surface area contributed by atoms with E-state index in [2.05, 4.69) is 17.1 Å². The summed E-state index contributed by atoms with van der Waals surface area (Å²) in [5, 5.41) is 1.92. The highest BCUT2D eigenvalue weighted by molar-refractivity contribution is 7.17. The van der Waals surface area contributed by atoms with Crippen LogP contribution >= 0.6 is 11.3 Å². The second-order valence-corrected chi connectivity index (χ2v) is 6.99. The largest absolute Gasteiger partial charge is 0.336 e. The van der Waals surface area contributed by atoms with Crippen molar-refractivity contribution in [2.24, 2.45) is 0 Å². The molecule has 3 heterocycles. The minimum absolute atomic E-state index is 0.0407. The molecular weight excluding hydrogens is 322 g/mol. The Morgan fingerprint density at radius 1 is 1.29 bits per heavy atom. The van der Waals surface area contributed by atoms with E-state index in [1.807, 2.05) is 29.3 Å². The van der Waals surface area contributed by atoms with Crippen molar-refractivity contribution < 1.29 is 4.79 Å². The second kappa shape index (κ2) is 5.87. The molecule has 6 heteroatoms. The third-order valence-corrected chi connectivity index (χ3v) is 5.59. The number of rotatable bonds is 2. The quantitative estimate of drug-likeness (QED) is 0.720. The average molecular weight is 339 g/mol. The number of amides is 1. The monoisotopic (exact) mass is 339 g/mol. The Labute approximate surface area is 143 Å². The number of carbonyl (C=O) groups is 1. The Morgan fingerprint density at radius 3 is 2.92 bits per heavy atom. The van der Waals surface area contributed by atoms with Gasteiger partial charge >= 0.3 is 0 Å². The summed E-state index contributed by atoms with van der Waals surface area (Å²) in [6.45, 7) is 3.28. The Balaban J connectivity index is 1.57. The summed E-state index contributed by atoms with van der Waals surface area (Å²) in [7, 11) is 0. The van der Waals surface area contributed by atoms with Gasteiger partial charge in [0.15, 0.2) is 0 Å². The van der Waals surface area contributed by atoms with Gasteiger partial charge in [-0.05, 0) is 35.4 Å². The molecule has 122 valence electrons. The van der Waals surface area contributed by atoms with Crippen LogP contribution in [0.15, 0.2) is 40.8 Å². The zero-order chi connectivity index (χ0) is 16.7. The van der Waals surface area contributed by atoms with Crippen LogP contribution in [0.3, 0.4) is 0 Å². The van der Waals surface area contributed by atoms with Crippen molar-refractivity contribution in [1.82, 2.24) is 14.5 Å². The molecule has 5 nitrogen and oxygen atoms in total. The molecule has 0 fully saturated rings. The molecule has 0 saturated carbocycles. The van der Waals surface area contributed by atoms with Crippen LogP contribution < -0.4 is 5.56 Å². The van der Waals surface area contributed by atoms with Crippen molar-refractivity contribution >= 4 is 27.5 Å². The summed E-state index contributed by atoms with van der Waals surface area (Å²) in [6.07, 6.45) is 2.35. The molecule has 3 aromatic rings. The Bertz CT molecular complexity index is 989. The highest BCUT2D eigenvalue weighted by Gasteiger charge is 2.21. The van der Waals surface area contributed by atoms with Gasteiger partial charge in [0.1, 0.15) is 11.2 Å². The third-order valence-electron chi connectivity index (χ3n) is 4.51. The number of benzene rings is 1. The maximum Gasteiger partial charge on any atom is 0.271 e. The summed E-state index contributed by atoms with van der Waals surface area (Å²) < 4.78 is 2.04. The average Bonchev–Trinajstić information content (AvgIpc) is 2.98. The molecule has 0 bridgehead atoms. The van der Waals surface area contributed by atoms with Crippen LogP contribution in [-0.2, 0) is 24.3 Å². The summed E-state index contributed by atoms with van der Waals surface area (Å²) in [5.41, 5.74) is 4.09. The highest BCUT2D eigenvalue weighted by Crippen LogP contribution is 2.20. The van der Waals surface area contributed by atoms with Gasteiger partial charge in [-0.1, -0.05) is 24.3 Å². The van der Waals surface area contributed by atoms with E-state index in [1.165, 1.54) is 33.4 Å². The molecule has 0 aliphatic carbocycles. The maximum atomic E-state index is 12.6. The molecule has 24 heavy (non-hydrogen) atoms. The first-order chi connectivity index (χ1) is 11.6. The molecule has 0 spiro atoms. The zero-order valence-electron chi connectivity index (χ0n) is 13.4. The van der Waals surface area contributed by atoms with E-state index in [-0.39, 0.29) is 18.0 Å². The molecule has 1 aromatic carbocycles. The fourth-order valence-electron chi connectivity index (χ4n) is 3.13. The van der Waals surface area contributed by atoms with Crippen molar-refractivity contribution in [1.29, 1.82) is 0 Å². The minimum atomic E-state index is -0.135. The molecule has 0 atom stereocenters. The van der Waals surface area contributed by atoms with Gasteiger partial charge in [-0.3, -0.25) is 14.2 Å². The summed E-state index contributed by atoms with van der Waals surface area (Å²) in [6, 6.07) is 8.19. The van der Waals surface area contributed by atoms with Gasteiger partial charge in [-0.25, -0.2) is 4.98 Å². The number of thiophene rings is 1. The number of hydrogen-bond acceptors (Lipinski definition) is 4. The van der Waals surface area contributed by atoms with Crippen LogP contribution in [-0.4, -0.2) is 26.9 Å². The van der Waals surface area contributed by atoms with E-state index >= 15 is 0 Å². The van der Waals surface area contributed by atoms with Crippen LogP contribution in [0.25, 0.3) is 10.2 Å². The summed E-state index contributed by atoms with van der Waals surface area (Å²) >= 11 is 1.39. The molecule has 1 aliphatic rings. The van der Waals surface area contributed by atoms with E-state index in [4.69, 9.17) is 0 Å². The van der Waals surface area contributed by atoms with Crippen LogP contribution in [0.5, 0.6) is 0 Å². The first kappa shape index (κ1) is 15.1. The molecule has 2 aromatic heterocycles. The van der Waals surface area contributed by atoms with E-state index in [0.29, 0.717) is 17.8 Å². The molecule has 0 unspecified atom stereocenters. The van der Waals surface area contributed by atoms with Gasteiger partial charge in [0.2, 0.25) is 5.91 Å². The van der Waals surface area contributed by atoms with E-state index in [1.54, 1.807) is 0 Å². The molecular formula is C18H17N3O2S. The first-order valence-corrected chi connectivity index (χ1v) is 8.79. The van der Waals surface area contributed by atoms with Crippen LogP contribution in [0.1, 0.15) is 16.7 Å². The number of hydrogen-bond donors (Lipinski definition) is 0. The zero-order valence-corrected chi connectivity index (χ0v) is 14.2. The van der Waals surface area contributed by atoms with Gasteiger partial charge in [-0.2, -0.15) is 0 Å². The predicted octanol–water partition coefficient (Wildman–Crippen LogP) is 2.35. The summed E-state index contributed by atoms with van der Waals surface area (Å²) in [4.78, 5) is 31.3. The molecule has 4 rings (SSSR count). The number of nitrogens with zero attached hydrogens (tertiary/aromatic N) is 3. The van der Waals surface area contributed by atoms with E-state index in [0.717, 1.165) is 17.5 Å².